The summed E-state index contributed by atoms with van der Waals surface area (Å²) < 4.78 is 0. The average Bonchev–Trinajstić information content (AvgIpc) is 2.48. The Labute approximate surface area is 147 Å². The van der Waals surface area contributed by atoms with Crippen LogP contribution in [0.25, 0.3) is 0 Å². The van der Waals surface area contributed by atoms with Crippen molar-refractivity contribution in [2.45, 2.75) is 44.1 Å². The van der Waals surface area contributed by atoms with Crippen LogP contribution in [0.1, 0.15) is 38.5 Å². The van der Waals surface area contributed by atoms with E-state index in [1.807, 2.05) is 0 Å². The van der Waals surface area contributed by atoms with Gasteiger partial charge < -0.3 is 10.6 Å². The van der Waals surface area contributed by atoms with E-state index >= 15 is 0 Å². The molecule has 2 N–H and O–H groups in total. The number of hydrogen-bond donors (Lipinski definition) is 2. The van der Waals surface area contributed by atoms with E-state index in [2.05, 4.69) is 10.6 Å². The fraction of sp³-hybridized carbons (Fsp3) is 0.611. The SMILES string of the molecule is O=C(CNC12CC3CC(CC(C3)C1)C2)Nc1cc(Cl)ccc1Cl. The standard InChI is InChI=1S/C18H22Cl2N2O/c19-14-1-2-15(20)16(6-14)22-17(23)10-21-18-7-11-3-12(8-18)5-13(4-11)9-18/h1-2,6,11-13,21H,3-5,7-10H2,(H,22,23). The Morgan fingerprint density at radius 2 is 1.70 bits per heavy atom. The second-order valence-electron chi connectivity index (χ2n) is 7.72. The van der Waals surface area contributed by atoms with Crippen molar-refractivity contribution in [1.82, 2.24) is 5.32 Å². The first-order valence-electron chi connectivity index (χ1n) is 8.51. The lowest BCUT2D eigenvalue weighted by molar-refractivity contribution is -0.116. The van der Waals surface area contributed by atoms with Gasteiger partial charge in [0.15, 0.2) is 0 Å². The summed E-state index contributed by atoms with van der Waals surface area (Å²) in [4.78, 5) is 12.3. The Hall–Kier alpha value is -0.770. The predicted molar refractivity (Wildman–Crippen MR) is 94.0 cm³/mol. The van der Waals surface area contributed by atoms with Crippen molar-refractivity contribution in [3.63, 3.8) is 0 Å². The van der Waals surface area contributed by atoms with Gasteiger partial charge in [0.2, 0.25) is 5.91 Å². The number of halogens is 2. The second kappa shape index (κ2) is 5.94. The van der Waals surface area contributed by atoms with Crippen molar-refractivity contribution in [3.05, 3.63) is 28.2 Å². The third-order valence-corrected chi connectivity index (χ3v) is 6.43. The van der Waals surface area contributed by atoms with Gasteiger partial charge in [-0.05, 0) is 74.5 Å². The molecule has 0 aromatic heterocycles. The molecule has 124 valence electrons. The highest BCUT2D eigenvalue weighted by Crippen LogP contribution is 2.55. The lowest BCUT2D eigenvalue weighted by atomic mass is 9.53. The van der Waals surface area contributed by atoms with Gasteiger partial charge in [0.1, 0.15) is 0 Å². The molecule has 0 atom stereocenters. The highest BCUT2D eigenvalue weighted by Gasteiger charge is 2.50. The monoisotopic (exact) mass is 352 g/mol. The van der Waals surface area contributed by atoms with Gasteiger partial charge >= 0.3 is 0 Å². The van der Waals surface area contributed by atoms with Gasteiger partial charge in [-0.1, -0.05) is 23.2 Å². The van der Waals surface area contributed by atoms with Gasteiger partial charge in [-0.2, -0.15) is 0 Å². The number of hydrogen-bond acceptors (Lipinski definition) is 2. The summed E-state index contributed by atoms with van der Waals surface area (Å²) in [5.74, 6) is 2.57. The van der Waals surface area contributed by atoms with Crippen LogP contribution in [0.15, 0.2) is 18.2 Å². The van der Waals surface area contributed by atoms with E-state index in [-0.39, 0.29) is 11.4 Å². The van der Waals surface area contributed by atoms with Crippen molar-refractivity contribution in [1.29, 1.82) is 0 Å². The first kappa shape index (κ1) is 15.7. The Kier molecular flexibility index (Phi) is 4.07. The van der Waals surface area contributed by atoms with Crippen LogP contribution in [-0.4, -0.2) is 18.0 Å². The number of rotatable bonds is 4. The Balaban J connectivity index is 1.37. The molecule has 4 aliphatic carbocycles. The predicted octanol–water partition coefficient (Wildman–Crippen LogP) is 4.49. The van der Waals surface area contributed by atoms with Gasteiger partial charge in [0.25, 0.3) is 0 Å². The van der Waals surface area contributed by atoms with E-state index in [1.54, 1.807) is 18.2 Å². The van der Waals surface area contributed by atoms with Crippen molar-refractivity contribution in [2.24, 2.45) is 17.8 Å². The summed E-state index contributed by atoms with van der Waals surface area (Å²) in [5.41, 5.74) is 0.779. The molecule has 0 aliphatic heterocycles. The highest BCUT2D eigenvalue weighted by atomic mass is 35.5. The fourth-order valence-corrected chi connectivity index (χ4v) is 5.72. The molecule has 23 heavy (non-hydrogen) atoms. The van der Waals surface area contributed by atoms with Crippen LogP contribution in [0.2, 0.25) is 10.0 Å². The zero-order valence-electron chi connectivity index (χ0n) is 13.1. The van der Waals surface area contributed by atoms with Gasteiger partial charge in [-0.25, -0.2) is 0 Å². The van der Waals surface area contributed by atoms with E-state index in [0.717, 1.165) is 17.8 Å². The molecule has 4 saturated carbocycles. The van der Waals surface area contributed by atoms with Crippen LogP contribution in [0, 0.1) is 17.8 Å². The lowest BCUT2D eigenvalue weighted by Gasteiger charge is -2.57. The minimum atomic E-state index is -0.0510. The summed E-state index contributed by atoms with van der Waals surface area (Å²) >= 11 is 12.1. The molecule has 0 saturated heterocycles. The van der Waals surface area contributed by atoms with Crippen LogP contribution in [-0.2, 0) is 4.79 Å². The third kappa shape index (κ3) is 3.24. The van der Waals surface area contributed by atoms with Crippen molar-refractivity contribution >= 4 is 34.8 Å². The Bertz CT molecular complexity index is 596. The van der Waals surface area contributed by atoms with Gasteiger partial charge in [-0.3, -0.25) is 4.79 Å². The maximum atomic E-state index is 12.3. The molecule has 1 amide bonds. The Morgan fingerprint density at radius 1 is 1.09 bits per heavy atom. The summed E-state index contributed by atoms with van der Waals surface area (Å²) in [5, 5.41) is 7.54. The fourth-order valence-electron chi connectivity index (χ4n) is 5.38. The number of nitrogens with one attached hydrogen (secondary N) is 2. The number of benzene rings is 1. The molecule has 5 rings (SSSR count). The summed E-state index contributed by atoms with van der Waals surface area (Å²) in [7, 11) is 0. The third-order valence-electron chi connectivity index (χ3n) is 5.86. The number of carbonyl (C=O) groups excluding carboxylic acids is 1. The topological polar surface area (TPSA) is 41.1 Å². The van der Waals surface area contributed by atoms with Crippen LogP contribution >= 0.6 is 23.2 Å². The zero-order chi connectivity index (χ0) is 16.0. The second-order valence-corrected chi connectivity index (χ2v) is 8.57. The molecule has 4 aliphatic rings. The van der Waals surface area contributed by atoms with Crippen LogP contribution in [0.4, 0.5) is 5.69 Å². The zero-order valence-corrected chi connectivity index (χ0v) is 14.6. The van der Waals surface area contributed by atoms with Gasteiger partial charge in [-0.15, -0.1) is 0 Å². The summed E-state index contributed by atoms with van der Waals surface area (Å²) in [6.07, 6.45) is 7.94. The average molecular weight is 353 g/mol. The molecule has 1 aromatic rings. The molecule has 3 nitrogen and oxygen atoms in total. The van der Waals surface area contributed by atoms with Gasteiger partial charge in [0.05, 0.1) is 17.3 Å². The molecule has 1 aromatic carbocycles. The highest BCUT2D eigenvalue weighted by molar-refractivity contribution is 6.35. The smallest absolute Gasteiger partial charge is 0.238 e. The van der Waals surface area contributed by atoms with E-state index in [0.29, 0.717) is 22.3 Å². The quantitative estimate of drug-likeness (QED) is 0.837. The molecular formula is C18H22Cl2N2O. The van der Waals surface area contributed by atoms with Crippen LogP contribution < -0.4 is 10.6 Å². The largest absolute Gasteiger partial charge is 0.324 e. The molecule has 0 spiro atoms. The minimum Gasteiger partial charge on any atom is -0.324 e. The normalized spacial score (nSPS) is 34.6. The molecule has 4 bridgehead atoms. The summed E-state index contributed by atoms with van der Waals surface area (Å²) in [6.45, 7) is 0.342. The number of amides is 1. The number of anilines is 1. The Morgan fingerprint density at radius 3 is 2.30 bits per heavy atom. The molecule has 5 heteroatoms. The molecule has 4 fully saturated rings. The molecule has 0 radical (unpaired) electrons. The first-order valence-corrected chi connectivity index (χ1v) is 9.27. The molecule has 0 unspecified atom stereocenters. The van der Waals surface area contributed by atoms with E-state index in [9.17, 15) is 4.79 Å². The van der Waals surface area contributed by atoms with Crippen LogP contribution in [0.3, 0.4) is 0 Å². The maximum Gasteiger partial charge on any atom is 0.238 e. The number of carbonyl (C=O) groups is 1. The lowest BCUT2D eigenvalue weighted by Crippen LogP contribution is -2.59. The van der Waals surface area contributed by atoms with Crippen LogP contribution in [0.5, 0.6) is 0 Å². The van der Waals surface area contributed by atoms with Crippen molar-refractivity contribution in [3.8, 4) is 0 Å². The first-order chi connectivity index (χ1) is 11.0. The molecule has 0 heterocycles. The van der Waals surface area contributed by atoms with Crippen molar-refractivity contribution < 1.29 is 4.79 Å². The maximum absolute atomic E-state index is 12.3. The minimum absolute atomic E-state index is 0.0510. The summed E-state index contributed by atoms with van der Waals surface area (Å²) in [6, 6.07) is 5.10. The molecular weight excluding hydrogens is 331 g/mol. The van der Waals surface area contributed by atoms with Gasteiger partial charge in [0, 0.05) is 10.6 Å². The van der Waals surface area contributed by atoms with E-state index in [1.165, 1.54) is 38.5 Å². The van der Waals surface area contributed by atoms with E-state index in [4.69, 9.17) is 23.2 Å². The van der Waals surface area contributed by atoms with Crippen molar-refractivity contribution in [2.75, 3.05) is 11.9 Å². The van der Waals surface area contributed by atoms with E-state index < -0.39 is 0 Å².